The Balaban J connectivity index is 1.92. The molecule has 18 heavy (non-hydrogen) atoms. The highest BCUT2D eigenvalue weighted by molar-refractivity contribution is 5.96. The van der Waals surface area contributed by atoms with Crippen molar-refractivity contribution >= 4 is 11.6 Å². The Bertz CT molecular complexity index is 428. The molecule has 1 aromatic rings. The average Bonchev–Trinajstić information content (AvgIpc) is 2.40. The molecule has 1 aliphatic rings. The maximum Gasteiger partial charge on any atom is 0.251 e. The van der Waals surface area contributed by atoms with Crippen molar-refractivity contribution in [2.45, 2.75) is 13.0 Å². The van der Waals surface area contributed by atoms with Crippen molar-refractivity contribution in [3.63, 3.8) is 0 Å². The highest BCUT2D eigenvalue weighted by Crippen LogP contribution is 2.12. The van der Waals surface area contributed by atoms with Gasteiger partial charge in [0.1, 0.15) is 0 Å². The summed E-state index contributed by atoms with van der Waals surface area (Å²) in [5.41, 5.74) is 7.77. The van der Waals surface area contributed by atoms with Gasteiger partial charge in [0, 0.05) is 17.8 Å². The lowest BCUT2D eigenvalue weighted by molar-refractivity contribution is -0.0855. The van der Waals surface area contributed by atoms with E-state index in [0.717, 1.165) is 5.56 Å². The minimum atomic E-state index is -0.131. The monoisotopic (exact) mass is 250 g/mol. The fourth-order valence-electron chi connectivity index (χ4n) is 1.84. The van der Waals surface area contributed by atoms with Crippen LogP contribution in [0.4, 0.5) is 5.69 Å². The Kier molecular flexibility index (Phi) is 4.17. The van der Waals surface area contributed by atoms with Gasteiger partial charge in [-0.2, -0.15) is 0 Å². The molecular weight excluding hydrogens is 232 g/mol. The van der Waals surface area contributed by atoms with Gasteiger partial charge in [-0.15, -0.1) is 0 Å². The summed E-state index contributed by atoms with van der Waals surface area (Å²) in [7, 11) is 0. The minimum absolute atomic E-state index is 0.0657. The summed E-state index contributed by atoms with van der Waals surface area (Å²) in [5.74, 6) is -0.131. The zero-order valence-corrected chi connectivity index (χ0v) is 10.4. The number of amides is 1. The number of benzene rings is 1. The highest BCUT2D eigenvalue weighted by atomic mass is 16.6. The first-order valence-electron chi connectivity index (χ1n) is 6.00. The molecule has 0 bridgehead atoms. The molecule has 2 rings (SSSR count). The van der Waals surface area contributed by atoms with Crippen LogP contribution in [0.2, 0.25) is 0 Å². The SMILES string of the molecule is Cc1ccc(N)cc1C(=O)NCC1COCCO1. The standard InChI is InChI=1S/C13H18N2O3/c1-9-2-3-10(14)6-12(9)13(16)15-7-11-8-17-4-5-18-11/h2-3,6,11H,4-5,7-8,14H2,1H3,(H,15,16). The number of nitrogens with two attached hydrogens (primary N) is 1. The quantitative estimate of drug-likeness (QED) is 0.775. The molecule has 0 saturated carbocycles. The van der Waals surface area contributed by atoms with E-state index in [1.54, 1.807) is 12.1 Å². The summed E-state index contributed by atoms with van der Waals surface area (Å²) in [6.45, 7) is 4.06. The Morgan fingerprint density at radius 1 is 1.50 bits per heavy atom. The molecule has 98 valence electrons. The Morgan fingerprint density at radius 3 is 3.06 bits per heavy atom. The number of rotatable bonds is 3. The molecule has 3 N–H and O–H groups in total. The second-order valence-electron chi connectivity index (χ2n) is 4.35. The molecule has 0 aromatic heterocycles. The third-order valence-electron chi connectivity index (χ3n) is 2.88. The fraction of sp³-hybridized carbons (Fsp3) is 0.462. The summed E-state index contributed by atoms with van der Waals surface area (Å²) in [5, 5.41) is 2.84. The second kappa shape index (κ2) is 5.84. The second-order valence-corrected chi connectivity index (χ2v) is 4.35. The normalized spacial score (nSPS) is 19.5. The molecule has 0 spiro atoms. The number of nitrogens with one attached hydrogen (secondary N) is 1. The molecule has 0 radical (unpaired) electrons. The van der Waals surface area contributed by atoms with Crippen molar-refractivity contribution < 1.29 is 14.3 Å². The zero-order chi connectivity index (χ0) is 13.0. The van der Waals surface area contributed by atoms with E-state index in [9.17, 15) is 4.79 Å². The van der Waals surface area contributed by atoms with Crippen LogP contribution in [-0.4, -0.2) is 38.4 Å². The van der Waals surface area contributed by atoms with Gasteiger partial charge in [-0.1, -0.05) is 6.07 Å². The molecule has 5 nitrogen and oxygen atoms in total. The summed E-state index contributed by atoms with van der Waals surface area (Å²) < 4.78 is 10.7. The van der Waals surface area contributed by atoms with Crippen molar-refractivity contribution in [1.29, 1.82) is 0 Å². The van der Waals surface area contributed by atoms with E-state index in [1.165, 1.54) is 0 Å². The summed E-state index contributed by atoms with van der Waals surface area (Å²) in [6, 6.07) is 5.30. The molecule has 1 heterocycles. The Hall–Kier alpha value is -1.59. The lowest BCUT2D eigenvalue weighted by Gasteiger charge is -2.23. The Morgan fingerprint density at radius 2 is 2.33 bits per heavy atom. The lowest BCUT2D eigenvalue weighted by atomic mass is 10.1. The van der Waals surface area contributed by atoms with Gasteiger partial charge in [-0.25, -0.2) is 0 Å². The van der Waals surface area contributed by atoms with Crippen LogP contribution in [-0.2, 0) is 9.47 Å². The summed E-state index contributed by atoms with van der Waals surface area (Å²) in [6.07, 6.45) is -0.0657. The number of anilines is 1. The number of hydrogen-bond donors (Lipinski definition) is 2. The first kappa shape index (κ1) is 12.9. The van der Waals surface area contributed by atoms with Crippen LogP contribution < -0.4 is 11.1 Å². The predicted octanol–water partition coefficient (Wildman–Crippen LogP) is 0.722. The first-order chi connectivity index (χ1) is 8.66. The molecule has 1 atom stereocenters. The molecule has 1 fully saturated rings. The van der Waals surface area contributed by atoms with Crippen molar-refractivity contribution in [2.24, 2.45) is 0 Å². The van der Waals surface area contributed by atoms with Gasteiger partial charge in [-0.05, 0) is 24.6 Å². The van der Waals surface area contributed by atoms with E-state index in [-0.39, 0.29) is 12.0 Å². The lowest BCUT2D eigenvalue weighted by Crippen LogP contribution is -2.39. The molecule has 1 aromatic carbocycles. The van der Waals surface area contributed by atoms with Crippen LogP contribution in [0.15, 0.2) is 18.2 Å². The molecule has 0 aliphatic carbocycles. The van der Waals surface area contributed by atoms with E-state index in [0.29, 0.717) is 37.6 Å². The smallest absolute Gasteiger partial charge is 0.251 e. The maximum atomic E-state index is 12.0. The van der Waals surface area contributed by atoms with Crippen molar-refractivity contribution in [3.8, 4) is 0 Å². The third kappa shape index (κ3) is 3.21. The van der Waals surface area contributed by atoms with Crippen LogP contribution >= 0.6 is 0 Å². The zero-order valence-electron chi connectivity index (χ0n) is 10.4. The van der Waals surface area contributed by atoms with Crippen LogP contribution in [0.1, 0.15) is 15.9 Å². The number of hydrogen-bond acceptors (Lipinski definition) is 4. The van der Waals surface area contributed by atoms with Gasteiger partial charge < -0.3 is 20.5 Å². The molecule has 1 amide bonds. The number of aryl methyl sites for hydroxylation is 1. The van der Waals surface area contributed by atoms with Gasteiger partial charge in [0.15, 0.2) is 0 Å². The summed E-state index contributed by atoms with van der Waals surface area (Å²) >= 11 is 0. The van der Waals surface area contributed by atoms with Crippen molar-refractivity contribution in [3.05, 3.63) is 29.3 Å². The largest absolute Gasteiger partial charge is 0.399 e. The molecule has 1 saturated heterocycles. The number of carbonyl (C=O) groups excluding carboxylic acids is 1. The van der Waals surface area contributed by atoms with Crippen LogP contribution in [0.25, 0.3) is 0 Å². The van der Waals surface area contributed by atoms with Gasteiger partial charge >= 0.3 is 0 Å². The molecular formula is C13H18N2O3. The molecule has 1 aliphatic heterocycles. The van der Waals surface area contributed by atoms with Crippen molar-refractivity contribution in [2.75, 3.05) is 32.1 Å². The highest BCUT2D eigenvalue weighted by Gasteiger charge is 2.16. The molecule has 1 unspecified atom stereocenters. The molecule has 5 heteroatoms. The third-order valence-corrected chi connectivity index (χ3v) is 2.88. The van der Waals surface area contributed by atoms with Gasteiger partial charge in [0.2, 0.25) is 0 Å². The summed E-state index contributed by atoms with van der Waals surface area (Å²) in [4.78, 5) is 12.0. The van der Waals surface area contributed by atoms with Crippen molar-refractivity contribution in [1.82, 2.24) is 5.32 Å². The number of ether oxygens (including phenoxy) is 2. The van der Waals surface area contributed by atoms with Gasteiger partial charge in [0.25, 0.3) is 5.91 Å². The van der Waals surface area contributed by atoms with Crippen LogP contribution in [0.3, 0.4) is 0 Å². The van der Waals surface area contributed by atoms with E-state index in [4.69, 9.17) is 15.2 Å². The number of nitrogen functional groups attached to an aromatic ring is 1. The van der Waals surface area contributed by atoms with E-state index >= 15 is 0 Å². The van der Waals surface area contributed by atoms with E-state index in [2.05, 4.69) is 5.32 Å². The fourth-order valence-corrected chi connectivity index (χ4v) is 1.84. The van der Waals surface area contributed by atoms with Crippen LogP contribution in [0.5, 0.6) is 0 Å². The van der Waals surface area contributed by atoms with E-state index < -0.39 is 0 Å². The predicted molar refractivity (Wildman–Crippen MR) is 68.5 cm³/mol. The van der Waals surface area contributed by atoms with Gasteiger partial charge in [-0.3, -0.25) is 4.79 Å². The number of carbonyl (C=O) groups is 1. The van der Waals surface area contributed by atoms with Gasteiger partial charge in [0.05, 0.1) is 25.9 Å². The maximum absolute atomic E-state index is 12.0. The topological polar surface area (TPSA) is 73.6 Å². The Labute approximate surface area is 106 Å². The van der Waals surface area contributed by atoms with E-state index in [1.807, 2.05) is 13.0 Å². The minimum Gasteiger partial charge on any atom is -0.399 e. The average molecular weight is 250 g/mol. The van der Waals surface area contributed by atoms with Crippen LogP contribution in [0, 0.1) is 6.92 Å². The first-order valence-corrected chi connectivity index (χ1v) is 6.00.